The summed E-state index contributed by atoms with van der Waals surface area (Å²) in [6.07, 6.45) is -0.0901. The van der Waals surface area contributed by atoms with Crippen molar-refractivity contribution < 1.29 is 14.6 Å². The summed E-state index contributed by atoms with van der Waals surface area (Å²) < 4.78 is 6.80. The topological polar surface area (TPSA) is 58.6 Å². The van der Waals surface area contributed by atoms with Crippen LogP contribution in [0.25, 0.3) is 0 Å². The van der Waals surface area contributed by atoms with Crippen LogP contribution in [0.15, 0.2) is 53.0 Å². The minimum atomic E-state index is -0.957. The highest BCUT2D eigenvalue weighted by atomic mass is 79.9. The van der Waals surface area contributed by atoms with Crippen molar-refractivity contribution in [2.45, 2.75) is 25.0 Å². The van der Waals surface area contributed by atoms with Gasteiger partial charge in [0.1, 0.15) is 12.4 Å². The smallest absolute Gasteiger partial charge is 0.404 e. The first kappa shape index (κ1) is 14.9. The number of nitrogens with one attached hydrogen (secondary N) is 1. The van der Waals surface area contributed by atoms with Gasteiger partial charge in [0.15, 0.2) is 0 Å². The molecule has 0 spiro atoms. The minimum Gasteiger partial charge on any atom is -0.489 e. The quantitative estimate of drug-likeness (QED) is 0.840. The van der Waals surface area contributed by atoms with Crippen LogP contribution in [0, 0.1) is 0 Å². The fourth-order valence-electron chi connectivity index (χ4n) is 2.44. The van der Waals surface area contributed by atoms with E-state index in [1.54, 1.807) is 0 Å². The van der Waals surface area contributed by atoms with Gasteiger partial charge in [-0.25, -0.2) is 4.79 Å². The summed E-state index contributed by atoms with van der Waals surface area (Å²) in [5.41, 5.74) is 2.26. The van der Waals surface area contributed by atoms with Crippen LogP contribution in [0.2, 0.25) is 0 Å². The van der Waals surface area contributed by atoms with E-state index in [0.717, 1.165) is 27.8 Å². The highest BCUT2D eigenvalue weighted by Crippen LogP contribution is 2.41. The average molecular weight is 362 g/mol. The zero-order chi connectivity index (χ0) is 15.5. The van der Waals surface area contributed by atoms with Crippen molar-refractivity contribution in [1.29, 1.82) is 0 Å². The third kappa shape index (κ3) is 3.80. The summed E-state index contributed by atoms with van der Waals surface area (Å²) in [7, 11) is 0. The van der Waals surface area contributed by atoms with Gasteiger partial charge in [0.2, 0.25) is 0 Å². The number of amides is 1. The molecular formula is C17H16BrNO3. The SMILES string of the molecule is O=C(O)N[C@@H]1C[C@H]1c1ccc(OCc2ccc(Br)cc2)cc1. The predicted molar refractivity (Wildman–Crippen MR) is 87.2 cm³/mol. The van der Waals surface area contributed by atoms with E-state index in [0.29, 0.717) is 6.61 Å². The Balaban J connectivity index is 1.54. The summed E-state index contributed by atoms with van der Waals surface area (Å²) in [5, 5.41) is 11.2. The molecule has 114 valence electrons. The highest BCUT2D eigenvalue weighted by Gasteiger charge is 2.39. The second-order valence-corrected chi connectivity index (χ2v) is 6.30. The Labute approximate surface area is 137 Å². The van der Waals surface area contributed by atoms with Crippen LogP contribution in [-0.2, 0) is 6.61 Å². The molecule has 2 atom stereocenters. The van der Waals surface area contributed by atoms with Crippen LogP contribution < -0.4 is 10.1 Å². The molecule has 2 aromatic rings. The van der Waals surface area contributed by atoms with Crippen molar-refractivity contribution in [2.24, 2.45) is 0 Å². The Bertz CT molecular complexity index is 655. The van der Waals surface area contributed by atoms with Crippen LogP contribution in [0.1, 0.15) is 23.5 Å². The number of ether oxygens (including phenoxy) is 1. The van der Waals surface area contributed by atoms with Crippen molar-refractivity contribution in [3.05, 3.63) is 64.1 Å². The molecule has 0 bridgehead atoms. The standard InChI is InChI=1S/C17H16BrNO3/c18-13-5-1-11(2-6-13)10-22-14-7-3-12(4-8-14)15-9-16(15)19-17(20)21/h1-8,15-16,19H,9-10H2,(H,20,21)/t15-,16+/m0/s1. The number of carbonyl (C=O) groups is 1. The van der Waals surface area contributed by atoms with Crippen LogP contribution >= 0.6 is 15.9 Å². The fourth-order valence-corrected chi connectivity index (χ4v) is 2.70. The molecule has 0 unspecified atom stereocenters. The lowest BCUT2D eigenvalue weighted by Crippen LogP contribution is -2.24. The second kappa shape index (κ2) is 6.40. The van der Waals surface area contributed by atoms with E-state index < -0.39 is 6.09 Å². The molecule has 1 amide bonds. The molecule has 1 aliphatic rings. The Kier molecular flexibility index (Phi) is 4.34. The first-order valence-corrected chi connectivity index (χ1v) is 7.88. The molecule has 5 heteroatoms. The predicted octanol–water partition coefficient (Wildman–Crippen LogP) is 4.15. The molecule has 4 nitrogen and oxygen atoms in total. The number of hydrogen-bond donors (Lipinski definition) is 2. The van der Waals surface area contributed by atoms with Gasteiger partial charge < -0.3 is 15.2 Å². The van der Waals surface area contributed by atoms with Crippen molar-refractivity contribution >= 4 is 22.0 Å². The maximum absolute atomic E-state index is 10.6. The first-order chi connectivity index (χ1) is 10.6. The van der Waals surface area contributed by atoms with Gasteiger partial charge >= 0.3 is 6.09 Å². The lowest BCUT2D eigenvalue weighted by molar-refractivity contribution is 0.193. The summed E-state index contributed by atoms with van der Waals surface area (Å²) in [4.78, 5) is 10.6. The van der Waals surface area contributed by atoms with E-state index in [-0.39, 0.29) is 12.0 Å². The Hall–Kier alpha value is -2.01. The van der Waals surface area contributed by atoms with Crippen LogP contribution in [0.4, 0.5) is 4.79 Å². The third-order valence-electron chi connectivity index (χ3n) is 3.73. The summed E-state index contributed by atoms with van der Waals surface area (Å²) in [6, 6.07) is 15.9. The molecule has 2 N–H and O–H groups in total. The van der Waals surface area contributed by atoms with Crippen LogP contribution in [-0.4, -0.2) is 17.2 Å². The number of rotatable bonds is 5. The van der Waals surface area contributed by atoms with Gasteiger partial charge in [-0.2, -0.15) is 0 Å². The number of benzene rings is 2. The fraction of sp³-hybridized carbons (Fsp3) is 0.235. The molecule has 0 saturated heterocycles. The average Bonchev–Trinajstić information content (AvgIpc) is 3.25. The molecule has 22 heavy (non-hydrogen) atoms. The zero-order valence-corrected chi connectivity index (χ0v) is 13.4. The molecule has 0 aromatic heterocycles. The van der Waals surface area contributed by atoms with Gasteiger partial charge in [-0.15, -0.1) is 0 Å². The molecular weight excluding hydrogens is 346 g/mol. The normalized spacial score (nSPS) is 19.5. The second-order valence-electron chi connectivity index (χ2n) is 5.38. The molecule has 3 rings (SSSR count). The lowest BCUT2D eigenvalue weighted by atomic mass is 10.1. The molecule has 1 aliphatic carbocycles. The largest absolute Gasteiger partial charge is 0.489 e. The monoisotopic (exact) mass is 361 g/mol. The molecule has 0 radical (unpaired) electrons. The number of carboxylic acid groups (broad SMARTS) is 1. The minimum absolute atomic E-state index is 0.0482. The van der Waals surface area contributed by atoms with E-state index in [9.17, 15) is 4.79 Å². The molecule has 0 aliphatic heterocycles. The van der Waals surface area contributed by atoms with E-state index in [2.05, 4.69) is 21.2 Å². The molecule has 0 heterocycles. The van der Waals surface area contributed by atoms with Gasteiger partial charge in [-0.05, 0) is 41.8 Å². The molecule has 1 saturated carbocycles. The number of halogens is 1. The number of hydrogen-bond acceptors (Lipinski definition) is 2. The van der Waals surface area contributed by atoms with Gasteiger partial charge in [-0.1, -0.05) is 40.2 Å². The third-order valence-corrected chi connectivity index (χ3v) is 4.25. The van der Waals surface area contributed by atoms with Crippen molar-refractivity contribution in [2.75, 3.05) is 0 Å². The van der Waals surface area contributed by atoms with E-state index in [4.69, 9.17) is 9.84 Å². The summed E-state index contributed by atoms with van der Waals surface area (Å²) in [5.74, 6) is 1.10. The van der Waals surface area contributed by atoms with E-state index >= 15 is 0 Å². The highest BCUT2D eigenvalue weighted by molar-refractivity contribution is 9.10. The molecule has 1 fully saturated rings. The zero-order valence-electron chi connectivity index (χ0n) is 11.8. The van der Waals surface area contributed by atoms with Crippen LogP contribution in [0.5, 0.6) is 5.75 Å². The van der Waals surface area contributed by atoms with E-state index in [1.807, 2.05) is 48.5 Å². The molecule has 2 aromatic carbocycles. The van der Waals surface area contributed by atoms with Gasteiger partial charge in [0.05, 0.1) is 0 Å². The summed E-state index contributed by atoms with van der Waals surface area (Å²) >= 11 is 3.41. The maximum Gasteiger partial charge on any atom is 0.404 e. The first-order valence-electron chi connectivity index (χ1n) is 7.08. The van der Waals surface area contributed by atoms with E-state index in [1.165, 1.54) is 0 Å². The Morgan fingerprint density at radius 1 is 1.18 bits per heavy atom. The Morgan fingerprint density at radius 3 is 2.50 bits per heavy atom. The van der Waals surface area contributed by atoms with Gasteiger partial charge in [0, 0.05) is 16.4 Å². The maximum atomic E-state index is 10.6. The van der Waals surface area contributed by atoms with Crippen LogP contribution in [0.3, 0.4) is 0 Å². The lowest BCUT2D eigenvalue weighted by Gasteiger charge is -2.07. The Morgan fingerprint density at radius 2 is 1.86 bits per heavy atom. The van der Waals surface area contributed by atoms with Crippen molar-refractivity contribution in [3.8, 4) is 5.75 Å². The van der Waals surface area contributed by atoms with Gasteiger partial charge in [0.25, 0.3) is 0 Å². The summed E-state index contributed by atoms with van der Waals surface area (Å²) in [6.45, 7) is 0.527. The van der Waals surface area contributed by atoms with Crippen molar-refractivity contribution in [1.82, 2.24) is 5.32 Å². The van der Waals surface area contributed by atoms with Gasteiger partial charge in [-0.3, -0.25) is 0 Å². The van der Waals surface area contributed by atoms with Crippen molar-refractivity contribution in [3.63, 3.8) is 0 Å².